The highest BCUT2D eigenvalue weighted by Gasteiger charge is 2.25. The van der Waals surface area contributed by atoms with Gasteiger partial charge in [0.1, 0.15) is 0 Å². The minimum Gasteiger partial charge on any atom is -0.493 e. The van der Waals surface area contributed by atoms with Gasteiger partial charge in [0.15, 0.2) is 11.5 Å². The van der Waals surface area contributed by atoms with E-state index in [4.69, 9.17) is 19.2 Å². The third kappa shape index (κ3) is 5.40. The molecule has 1 atom stereocenters. The van der Waals surface area contributed by atoms with Crippen molar-refractivity contribution in [2.45, 2.75) is 6.04 Å². The van der Waals surface area contributed by atoms with E-state index < -0.39 is 0 Å². The molecule has 8 nitrogen and oxygen atoms in total. The molecule has 5 rings (SSSR count). The molecule has 3 heterocycles. The van der Waals surface area contributed by atoms with Crippen molar-refractivity contribution in [3.05, 3.63) is 84.2 Å². The Bertz CT molecular complexity index is 1370. The van der Waals surface area contributed by atoms with E-state index in [1.165, 1.54) is 0 Å². The molecule has 0 saturated carbocycles. The van der Waals surface area contributed by atoms with E-state index in [0.29, 0.717) is 36.8 Å². The van der Waals surface area contributed by atoms with Crippen LogP contribution in [0.2, 0.25) is 0 Å². The quantitative estimate of drug-likeness (QED) is 0.391. The molecule has 0 radical (unpaired) electrons. The van der Waals surface area contributed by atoms with Crippen LogP contribution in [0.1, 0.15) is 22.0 Å². The summed E-state index contributed by atoms with van der Waals surface area (Å²) in [4.78, 5) is 24.9. The zero-order chi connectivity index (χ0) is 25.6. The van der Waals surface area contributed by atoms with Crippen molar-refractivity contribution < 1.29 is 19.0 Å². The van der Waals surface area contributed by atoms with Crippen molar-refractivity contribution in [1.82, 2.24) is 20.2 Å². The van der Waals surface area contributed by atoms with E-state index >= 15 is 0 Å². The number of nitrogens with zero attached hydrogens (tertiary/aromatic N) is 3. The highest BCUT2D eigenvalue weighted by molar-refractivity contribution is 6.07. The summed E-state index contributed by atoms with van der Waals surface area (Å²) in [5.41, 5.74) is 4.04. The number of hydrogen-bond donors (Lipinski definition) is 1. The van der Waals surface area contributed by atoms with Crippen molar-refractivity contribution in [2.75, 3.05) is 47.1 Å². The van der Waals surface area contributed by atoms with E-state index in [9.17, 15) is 4.79 Å². The normalized spacial score (nSPS) is 14.8. The number of carbonyl (C=O) groups is 1. The van der Waals surface area contributed by atoms with Gasteiger partial charge in [0, 0.05) is 43.0 Å². The summed E-state index contributed by atoms with van der Waals surface area (Å²) in [6.07, 6.45) is 3.45. The van der Waals surface area contributed by atoms with Crippen LogP contribution >= 0.6 is 0 Å². The fourth-order valence-electron chi connectivity index (χ4n) is 4.73. The number of methoxy groups -OCH3 is 2. The summed E-state index contributed by atoms with van der Waals surface area (Å²) in [7, 11) is 3.25. The number of aromatic nitrogens is 2. The molecule has 1 amide bonds. The van der Waals surface area contributed by atoms with Crippen LogP contribution in [0.5, 0.6) is 11.5 Å². The number of para-hydroxylation sites is 1. The maximum absolute atomic E-state index is 13.6. The fraction of sp³-hybridized carbons (Fsp3) is 0.276. The smallest absolute Gasteiger partial charge is 0.252 e. The molecule has 1 fully saturated rings. The van der Waals surface area contributed by atoms with Crippen LogP contribution in [0.15, 0.2) is 73.1 Å². The van der Waals surface area contributed by atoms with Gasteiger partial charge in [-0.25, -0.2) is 4.98 Å². The van der Waals surface area contributed by atoms with Crippen LogP contribution in [-0.2, 0) is 4.74 Å². The van der Waals surface area contributed by atoms with Gasteiger partial charge in [-0.3, -0.25) is 14.7 Å². The van der Waals surface area contributed by atoms with E-state index in [0.717, 1.165) is 40.8 Å². The van der Waals surface area contributed by atoms with E-state index in [1.54, 1.807) is 26.6 Å². The number of ether oxygens (including phenoxy) is 3. The van der Waals surface area contributed by atoms with Gasteiger partial charge in [-0.2, -0.15) is 0 Å². The molecule has 2 aromatic carbocycles. The van der Waals surface area contributed by atoms with Gasteiger partial charge in [-0.05, 0) is 42.0 Å². The Balaban J connectivity index is 1.45. The topological polar surface area (TPSA) is 85.8 Å². The lowest BCUT2D eigenvalue weighted by atomic mass is 10.0. The molecule has 2 aromatic heterocycles. The Morgan fingerprint density at radius 2 is 1.76 bits per heavy atom. The van der Waals surface area contributed by atoms with Crippen LogP contribution in [-0.4, -0.2) is 67.8 Å². The first-order chi connectivity index (χ1) is 18.2. The third-order valence-electron chi connectivity index (χ3n) is 6.67. The SMILES string of the molecule is COc1ccc(C(CNC(=O)c2cc(-c3ccncc3)nc3ccccc23)N2CCOCC2)cc1OC. The van der Waals surface area contributed by atoms with Gasteiger partial charge < -0.3 is 19.5 Å². The number of nitrogens with one attached hydrogen (secondary N) is 1. The lowest BCUT2D eigenvalue weighted by Crippen LogP contribution is -2.43. The third-order valence-corrected chi connectivity index (χ3v) is 6.67. The van der Waals surface area contributed by atoms with Crippen LogP contribution in [0.3, 0.4) is 0 Å². The zero-order valence-electron chi connectivity index (χ0n) is 21.0. The molecule has 8 heteroatoms. The molecule has 4 aromatic rings. The zero-order valence-corrected chi connectivity index (χ0v) is 21.0. The van der Waals surface area contributed by atoms with Gasteiger partial charge in [-0.1, -0.05) is 24.3 Å². The summed E-state index contributed by atoms with van der Waals surface area (Å²) in [5, 5.41) is 4.01. The van der Waals surface area contributed by atoms with E-state index in [-0.39, 0.29) is 11.9 Å². The molecule has 1 aliphatic rings. The Kier molecular flexibility index (Phi) is 7.58. The molecular weight excluding hydrogens is 468 g/mol. The molecule has 0 spiro atoms. The first-order valence-electron chi connectivity index (χ1n) is 12.3. The molecule has 190 valence electrons. The highest BCUT2D eigenvalue weighted by atomic mass is 16.5. The summed E-state index contributed by atoms with van der Waals surface area (Å²) in [6.45, 7) is 3.29. The lowest BCUT2D eigenvalue weighted by molar-refractivity contribution is 0.0162. The second-order valence-electron chi connectivity index (χ2n) is 8.80. The van der Waals surface area contributed by atoms with Crippen LogP contribution < -0.4 is 14.8 Å². The van der Waals surface area contributed by atoms with E-state index in [1.807, 2.05) is 60.7 Å². The summed E-state index contributed by atoms with van der Waals surface area (Å²) in [6, 6.07) is 19.2. The molecule has 0 aliphatic carbocycles. The van der Waals surface area contributed by atoms with Crippen molar-refractivity contribution in [1.29, 1.82) is 0 Å². The average molecular weight is 499 g/mol. The van der Waals surface area contributed by atoms with Gasteiger partial charge >= 0.3 is 0 Å². The van der Waals surface area contributed by atoms with Gasteiger partial charge in [0.05, 0.1) is 50.2 Å². The first kappa shape index (κ1) is 24.7. The molecule has 1 saturated heterocycles. The van der Waals surface area contributed by atoms with E-state index in [2.05, 4.69) is 15.2 Å². The summed E-state index contributed by atoms with van der Waals surface area (Å²) >= 11 is 0. The van der Waals surface area contributed by atoms with Gasteiger partial charge in [0.2, 0.25) is 0 Å². The van der Waals surface area contributed by atoms with Crippen LogP contribution in [0.4, 0.5) is 0 Å². The number of rotatable bonds is 8. The monoisotopic (exact) mass is 498 g/mol. The molecule has 37 heavy (non-hydrogen) atoms. The number of carbonyl (C=O) groups excluding carboxylic acids is 1. The van der Waals surface area contributed by atoms with Gasteiger partial charge in [-0.15, -0.1) is 0 Å². The summed E-state index contributed by atoms with van der Waals surface area (Å²) < 4.78 is 16.5. The Hall–Kier alpha value is -4.01. The summed E-state index contributed by atoms with van der Waals surface area (Å²) in [5.74, 6) is 1.18. The van der Waals surface area contributed by atoms with Crippen LogP contribution in [0.25, 0.3) is 22.2 Å². The Morgan fingerprint density at radius 3 is 2.51 bits per heavy atom. The largest absolute Gasteiger partial charge is 0.493 e. The lowest BCUT2D eigenvalue weighted by Gasteiger charge is -2.35. The predicted molar refractivity (Wildman–Crippen MR) is 142 cm³/mol. The Labute approximate surface area is 216 Å². The van der Waals surface area contributed by atoms with Crippen molar-refractivity contribution in [3.63, 3.8) is 0 Å². The average Bonchev–Trinajstić information content (AvgIpc) is 2.97. The first-order valence-corrected chi connectivity index (χ1v) is 12.3. The van der Waals surface area contributed by atoms with Gasteiger partial charge in [0.25, 0.3) is 5.91 Å². The predicted octanol–water partition coefficient (Wildman–Crippen LogP) is 4.12. The van der Waals surface area contributed by atoms with Crippen molar-refractivity contribution in [3.8, 4) is 22.8 Å². The standard InChI is InChI=1S/C29H30N4O4/c1-35-27-8-7-21(17-28(27)36-2)26(33-13-15-37-16-14-33)19-31-29(34)23-18-25(20-9-11-30-12-10-20)32-24-6-4-3-5-22(23)24/h3-12,17-18,26H,13-16,19H2,1-2H3,(H,31,34). The minimum absolute atomic E-state index is 0.0552. The molecular formula is C29H30N4O4. The number of morpholine rings is 1. The number of hydrogen-bond acceptors (Lipinski definition) is 7. The number of amides is 1. The number of pyridine rings is 2. The number of benzene rings is 2. The molecule has 1 N–H and O–H groups in total. The highest BCUT2D eigenvalue weighted by Crippen LogP contribution is 2.32. The number of fused-ring (bicyclic) bond motifs is 1. The molecule has 0 bridgehead atoms. The molecule has 1 unspecified atom stereocenters. The second kappa shape index (κ2) is 11.4. The molecule has 1 aliphatic heterocycles. The maximum Gasteiger partial charge on any atom is 0.252 e. The minimum atomic E-state index is -0.146. The van der Waals surface area contributed by atoms with Crippen molar-refractivity contribution in [2.24, 2.45) is 0 Å². The van der Waals surface area contributed by atoms with Crippen molar-refractivity contribution >= 4 is 16.8 Å². The van der Waals surface area contributed by atoms with Crippen LogP contribution in [0, 0.1) is 0 Å². The Morgan fingerprint density at radius 1 is 1.00 bits per heavy atom. The second-order valence-corrected chi connectivity index (χ2v) is 8.80. The fourth-order valence-corrected chi connectivity index (χ4v) is 4.73. The maximum atomic E-state index is 13.6.